The van der Waals surface area contributed by atoms with Gasteiger partial charge in [0.2, 0.25) is 0 Å². The first-order valence-corrected chi connectivity index (χ1v) is 10.3. The van der Waals surface area contributed by atoms with Gasteiger partial charge in [0.05, 0.1) is 16.6 Å². The number of nitrogens with zero attached hydrogens (tertiary/aromatic N) is 4. The number of aromatic nitrogens is 4. The zero-order valence-electron chi connectivity index (χ0n) is 17.9. The van der Waals surface area contributed by atoms with Crippen molar-refractivity contribution in [3.05, 3.63) is 79.3 Å². The average molecular weight is 452 g/mol. The van der Waals surface area contributed by atoms with E-state index in [9.17, 15) is 4.79 Å². The minimum absolute atomic E-state index is 0.00343. The van der Waals surface area contributed by atoms with Crippen LogP contribution in [-0.2, 0) is 4.79 Å². The highest BCUT2D eigenvalue weighted by atomic mass is 19.1. The Morgan fingerprint density at radius 2 is 1.88 bits per heavy atom. The number of pyridine rings is 1. The minimum Gasteiger partial charge on any atom is -0.457 e. The topological polar surface area (TPSA) is 93.4 Å². The van der Waals surface area contributed by atoms with E-state index in [-0.39, 0.29) is 16.9 Å². The molecule has 0 atom stereocenters. The van der Waals surface area contributed by atoms with Crippen LogP contribution in [0, 0.1) is 17.7 Å². The molecule has 8 nitrogen and oxygen atoms in total. The Morgan fingerprint density at radius 1 is 1.03 bits per heavy atom. The van der Waals surface area contributed by atoms with E-state index in [0.29, 0.717) is 22.7 Å². The van der Waals surface area contributed by atoms with Crippen molar-refractivity contribution in [3.8, 4) is 23.3 Å². The molecule has 0 unspecified atom stereocenters. The van der Waals surface area contributed by atoms with E-state index in [1.54, 1.807) is 36.5 Å². The number of ether oxygens (including phenoxy) is 1. The zero-order chi connectivity index (χ0) is 23.5. The molecular formula is C25H17FN6O2. The Kier molecular flexibility index (Phi) is 5.46. The first-order chi connectivity index (χ1) is 16.6. The van der Waals surface area contributed by atoms with Gasteiger partial charge in [0.25, 0.3) is 5.91 Å². The minimum atomic E-state index is -0.652. The van der Waals surface area contributed by atoms with Crippen LogP contribution in [0.3, 0.4) is 0 Å². The van der Waals surface area contributed by atoms with Gasteiger partial charge in [-0.25, -0.2) is 19.3 Å². The van der Waals surface area contributed by atoms with Crippen LogP contribution < -0.4 is 15.4 Å². The summed E-state index contributed by atoms with van der Waals surface area (Å²) >= 11 is 0. The van der Waals surface area contributed by atoms with Gasteiger partial charge in [-0.05, 0) is 55.3 Å². The van der Waals surface area contributed by atoms with Crippen LogP contribution in [0.1, 0.15) is 6.92 Å². The number of hydrogen-bond donors (Lipinski definition) is 2. The third-order valence-electron chi connectivity index (χ3n) is 4.95. The molecule has 166 valence electrons. The Hall–Kier alpha value is -4.97. The highest BCUT2D eigenvalue weighted by molar-refractivity contribution is 6.05. The molecule has 3 heterocycles. The fourth-order valence-electron chi connectivity index (χ4n) is 3.40. The molecule has 9 heteroatoms. The fraction of sp³-hybridized carbons (Fsp3) is 0.0400. The van der Waals surface area contributed by atoms with Crippen molar-refractivity contribution in [2.45, 2.75) is 6.92 Å². The second kappa shape index (κ2) is 8.88. The molecule has 2 N–H and O–H groups in total. The smallest absolute Gasteiger partial charge is 0.300 e. The lowest BCUT2D eigenvalue weighted by Gasteiger charge is -2.12. The predicted molar refractivity (Wildman–Crippen MR) is 127 cm³/mol. The fourth-order valence-corrected chi connectivity index (χ4v) is 3.40. The summed E-state index contributed by atoms with van der Waals surface area (Å²) in [5, 5.41) is 5.70. The van der Waals surface area contributed by atoms with Crippen molar-refractivity contribution in [2.75, 3.05) is 10.6 Å². The van der Waals surface area contributed by atoms with E-state index >= 15 is 4.39 Å². The van der Waals surface area contributed by atoms with E-state index in [1.807, 2.05) is 28.9 Å². The van der Waals surface area contributed by atoms with Crippen LogP contribution in [-0.4, -0.2) is 25.3 Å². The van der Waals surface area contributed by atoms with Gasteiger partial charge in [0.1, 0.15) is 29.3 Å². The van der Waals surface area contributed by atoms with E-state index < -0.39 is 11.7 Å². The van der Waals surface area contributed by atoms with Crippen molar-refractivity contribution in [3.63, 3.8) is 0 Å². The number of anilines is 3. The molecule has 2 aromatic carbocycles. The maximum atomic E-state index is 15.2. The maximum Gasteiger partial charge on any atom is 0.300 e. The lowest BCUT2D eigenvalue weighted by Crippen LogP contribution is -2.10. The van der Waals surface area contributed by atoms with E-state index in [4.69, 9.17) is 4.74 Å². The molecular weight excluding hydrogens is 435 g/mol. The molecule has 0 spiro atoms. The number of hydrogen-bond acceptors (Lipinski definition) is 6. The van der Waals surface area contributed by atoms with Gasteiger partial charge in [-0.15, -0.1) is 0 Å². The summed E-state index contributed by atoms with van der Waals surface area (Å²) in [4.78, 5) is 24.3. The van der Waals surface area contributed by atoms with Crippen molar-refractivity contribution in [1.29, 1.82) is 0 Å². The predicted octanol–water partition coefficient (Wildman–Crippen LogP) is 4.91. The van der Waals surface area contributed by atoms with Crippen LogP contribution >= 0.6 is 0 Å². The number of benzene rings is 2. The van der Waals surface area contributed by atoms with Gasteiger partial charge in [-0.2, -0.15) is 0 Å². The van der Waals surface area contributed by atoms with Gasteiger partial charge in [-0.1, -0.05) is 5.92 Å². The van der Waals surface area contributed by atoms with Gasteiger partial charge >= 0.3 is 0 Å². The summed E-state index contributed by atoms with van der Waals surface area (Å²) in [7, 11) is 0. The van der Waals surface area contributed by atoms with Crippen molar-refractivity contribution >= 4 is 39.6 Å². The Bertz CT molecular complexity index is 1580. The third-order valence-corrected chi connectivity index (χ3v) is 4.95. The second-order valence-corrected chi connectivity index (χ2v) is 7.18. The maximum absolute atomic E-state index is 15.2. The average Bonchev–Trinajstić information content (AvgIpc) is 3.30. The molecule has 1 amide bonds. The molecule has 0 radical (unpaired) electrons. The number of carbonyl (C=O) groups is 1. The number of fused-ring (bicyclic) bond motifs is 2. The second-order valence-electron chi connectivity index (χ2n) is 7.18. The lowest BCUT2D eigenvalue weighted by atomic mass is 10.2. The van der Waals surface area contributed by atoms with Gasteiger partial charge in [-0.3, -0.25) is 4.79 Å². The molecule has 0 aliphatic rings. The van der Waals surface area contributed by atoms with Crippen LogP contribution in [0.15, 0.2) is 73.4 Å². The largest absolute Gasteiger partial charge is 0.457 e. The number of rotatable bonds is 5. The van der Waals surface area contributed by atoms with Crippen molar-refractivity contribution in [1.82, 2.24) is 19.4 Å². The third kappa shape index (κ3) is 4.20. The normalized spacial score (nSPS) is 10.5. The summed E-state index contributed by atoms with van der Waals surface area (Å²) in [6.45, 7) is 1.53. The highest BCUT2D eigenvalue weighted by Gasteiger charge is 2.15. The van der Waals surface area contributed by atoms with Crippen LogP contribution in [0.5, 0.6) is 11.5 Å². The van der Waals surface area contributed by atoms with Gasteiger partial charge < -0.3 is 19.8 Å². The molecule has 5 aromatic rings. The van der Waals surface area contributed by atoms with Crippen LogP contribution in [0.2, 0.25) is 0 Å². The van der Waals surface area contributed by atoms with Crippen LogP contribution in [0.25, 0.3) is 16.6 Å². The molecule has 0 aliphatic heterocycles. The number of imidazole rings is 1. The van der Waals surface area contributed by atoms with Gasteiger partial charge in [0, 0.05) is 30.3 Å². The van der Waals surface area contributed by atoms with E-state index in [1.165, 1.54) is 19.3 Å². The highest BCUT2D eigenvalue weighted by Crippen LogP contribution is 2.31. The summed E-state index contributed by atoms with van der Waals surface area (Å²) < 4.78 is 23.0. The number of halogens is 1. The Balaban J connectivity index is 1.38. The summed E-state index contributed by atoms with van der Waals surface area (Å²) in [6, 6.07) is 13.9. The quantitative estimate of drug-likeness (QED) is 0.368. The lowest BCUT2D eigenvalue weighted by molar-refractivity contribution is -0.111. The molecule has 0 saturated carbocycles. The van der Waals surface area contributed by atoms with E-state index in [0.717, 1.165) is 5.65 Å². The molecule has 5 rings (SSSR count). The molecule has 0 bridgehead atoms. The summed E-state index contributed by atoms with van der Waals surface area (Å²) in [6.07, 6.45) is 6.78. The van der Waals surface area contributed by atoms with Crippen LogP contribution in [0.4, 0.5) is 21.6 Å². The van der Waals surface area contributed by atoms with Crippen molar-refractivity contribution < 1.29 is 13.9 Å². The number of nitrogens with one attached hydrogen (secondary N) is 2. The summed E-state index contributed by atoms with van der Waals surface area (Å²) in [5.74, 6) is 5.10. The first-order valence-electron chi connectivity index (χ1n) is 10.3. The first kappa shape index (κ1) is 20.9. The number of amides is 1. The Labute approximate surface area is 193 Å². The zero-order valence-corrected chi connectivity index (χ0v) is 17.9. The van der Waals surface area contributed by atoms with E-state index in [2.05, 4.69) is 37.4 Å². The standard InChI is InChI=1S/C25H17FN6O2/c1-2-3-22(33)31-20-9-8-19-23(24(20)26)25(29-15-28-19)30-16-4-6-17(7-5-16)34-18-10-12-32-13-11-27-21(32)14-18/h4-15H,1H3,(H,31,33)(H,28,29,30). The van der Waals surface area contributed by atoms with Gasteiger partial charge in [0.15, 0.2) is 5.82 Å². The summed E-state index contributed by atoms with van der Waals surface area (Å²) in [5.41, 5.74) is 1.84. The monoisotopic (exact) mass is 452 g/mol. The SMILES string of the molecule is CC#CC(=O)Nc1ccc2ncnc(Nc3ccc(Oc4ccn5ccnc5c4)cc3)c2c1F. The molecule has 0 saturated heterocycles. The molecule has 0 fully saturated rings. The molecule has 3 aromatic heterocycles. The molecule has 0 aliphatic carbocycles. The van der Waals surface area contributed by atoms with Crippen molar-refractivity contribution in [2.24, 2.45) is 0 Å². The molecule has 34 heavy (non-hydrogen) atoms. The Morgan fingerprint density at radius 3 is 2.71 bits per heavy atom. The number of carbonyl (C=O) groups excluding carboxylic acids is 1.